The van der Waals surface area contributed by atoms with Gasteiger partial charge >= 0.3 is 0 Å². The van der Waals surface area contributed by atoms with E-state index >= 15 is 0 Å². The molecular formula is C14H27N5O2. The first-order valence-electron chi connectivity index (χ1n) is 7.41. The Kier molecular flexibility index (Phi) is 8.45. The van der Waals surface area contributed by atoms with Crippen molar-refractivity contribution in [2.75, 3.05) is 57.6 Å². The van der Waals surface area contributed by atoms with Gasteiger partial charge in [0.2, 0.25) is 5.88 Å². The third kappa shape index (κ3) is 6.14. The Morgan fingerprint density at radius 1 is 1.24 bits per heavy atom. The lowest BCUT2D eigenvalue weighted by atomic mass is 10.3. The maximum absolute atomic E-state index is 6.00. The van der Waals surface area contributed by atoms with E-state index in [4.69, 9.17) is 15.2 Å². The number of nitrogens with two attached hydrogens (primary N) is 1. The lowest BCUT2D eigenvalue weighted by Gasteiger charge is -2.18. The van der Waals surface area contributed by atoms with E-state index in [1.165, 1.54) is 6.33 Å². The van der Waals surface area contributed by atoms with E-state index in [2.05, 4.69) is 34.0 Å². The van der Waals surface area contributed by atoms with E-state index in [1.807, 2.05) is 0 Å². The first-order valence-corrected chi connectivity index (χ1v) is 7.41. The van der Waals surface area contributed by atoms with Crippen LogP contribution in [-0.4, -0.2) is 61.4 Å². The minimum atomic E-state index is 0.397. The second-order valence-corrected chi connectivity index (χ2v) is 4.59. The van der Waals surface area contributed by atoms with Gasteiger partial charge in [0.15, 0.2) is 5.82 Å². The summed E-state index contributed by atoms with van der Waals surface area (Å²) in [7, 11) is 1.62. The zero-order chi connectivity index (χ0) is 15.5. The molecule has 0 amide bonds. The molecular weight excluding hydrogens is 270 g/mol. The van der Waals surface area contributed by atoms with Crippen LogP contribution in [0.5, 0.6) is 5.88 Å². The molecule has 0 fully saturated rings. The van der Waals surface area contributed by atoms with Crippen molar-refractivity contribution in [1.29, 1.82) is 0 Å². The monoisotopic (exact) mass is 297 g/mol. The number of hydrogen-bond donors (Lipinski definition) is 2. The number of anilines is 2. The summed E-state index contributed by atoms with van der Waals surface area (Å²) in [4.78, 5) is 10.6. The standard InChI is InChI=1S/C14H27N5O2/c1-4-19(5-2)8-6-7-16-13-12(15)14(18-11-17-13)21-10-9-20-3/h11H,4-10,15H2,1-3H3,(H,16,17,18). The lowest BCUT2D eigenvalue weighted by Crippen LogP contribution is -2.25. The van der Waals surface area contributed by atoms with E-state index in [-0.39, 0.29) is 0 Å². The van der Waals surface area contributed by atoms with Crippen LogP contribution in [0.25, 0.3) is 0 Å². The Morgan fingerprint density at radius 2 is 2.00 bits per heavy atom. The van der Waals surface area contributed by atoms with Gasteiger partial charge in [-0.15, -0.1) is 0 Å². The molecule has 1 aromatic rings. The molecule has 3 N–H and O–H groups in total. The number of ether oxygens (including phenoxy) is 2. The molecule has 0 radical (unpaired) electrons. The summed E-state index contributed by atoms with van der Waals surface area (Å²) in [5.74, 6) is 1.02. The van der Waals surface area contributed by atoms with Crippen LogP contribution < -0.4 is 15.8 Å². The van der Waals surface area contributed by atoms with Crippen LogP contribution >= 0.6 is 0 Å². The molecule has 0 saturated carbocycles. The fourth-order valence-electron chi connectivity index (χ4n) is 1.91. The third-order valence-corrected chi connectivity index (χ3v) is 3.21. The zero-order valence-electron chi connectivity index (χ0n) is 13.3. The fraction of sp³-hybridized carbons (Fsp3) is 0.714. The second kappa shape index (κ2) is 10.2. The van der Waals surface area contributed by atoms with Crippen molar-refractivity contribution in [3.8, 4) is 5.88 Å². The topological polar surface area (TPSA) is 85.5 Å². The summed E-state index contributed by atoms with van der Waals surface area (Å²) in [5.41, 5.74) is 6.44. The number of rotatable bonds is 11. The zero-order valence-corrected chi connectivity index (χ0v) is 13.3. The van der Waals surface area contributed by atoms with Gasteiger partial charge < -0.3 is 25.4 Å². The fourth-order valence-corrected chi connectivity index (χ4v) is 1.91. The van der Waals surface area contributed by atoms with Gasteiger partial charge in [-0.05, 0) is 26.1 Å². The first-order chi connectivity index (χ1) is 10.2. The molecule has 0 bridgehead atoms. The molecule has 0 aliphatic rings. The minimum Gasteiger partial charge on any atom is -0.474 e. The van der Waals surface area contributed by atoms with E-state index < -0.39 is 0 Å². The quantitative estimate of drug-likeness (QED) is 0.594. The minimum absolute atomic E-state index is 0.397. The normalized spacial score (nSPS) is 10.9. The van der Waals surface area contributed by atoms with Crippen molar-refractivity contribution in [2.24, 2.45) is 0 Å². The molecule has 0 aliphatic heterocycles. The van der Waals surface area contributed by atoms with Crippen molar-refractivity contribution in [3.63, 3.8) is 0 Å². The van der Waals surface area contributed by atoms with Crippen LogP contribution in [0.2, 0.25) is 0 Å². The summed E-state index contributed by atoms with van der Waals surface area (Å²) in [6, 6.07) is 0. The third-order valence-electron chi connectivity index (χ3n) is 3.21. The highest BCUT2D eigenvalue weighted by atomic mass is 16.5. The van der Waals surface area contributed by atoms with E-state index in [1.54, 1.807) is 7.11 Å². The molecule has 0 spiro atoms. The summed E-state index contributed by atoms with van der Waals surface area (Å²) in [6.07, 6.45) is 2.48. The highest BCUT2D eigenvalue weighted by molar-refractivity contribution is 5.66. The van der Waals surface area contributed by atoms with Gasteiger partial charge in [-0.25, -0.2) is 4.98 Å². The van der Waals surface area contributed by atoms with E-state index in [0.29, 0.717) is 30.6 Å². The highest BCUT2D eigenvalue weighted by Gasteiger charge is 2.09. The molecule has 120 valence electrons. The number of nitrogens with one attached hydrogen (secondary N) is 1. The first kappa shape index (κ1) is 17.5. The molecule has 0 unspecified atom stereocenters. The predicted octanol–water partition coefficient (Wildman–Crippen LogP) is 1.23. The van der Waals surface area contributed by atoms with Crippen molar-refractivity contribution < 1.29 is 9.47 Å². The average molecular weight is 297 g/mol. The largest absolute Gasteiger partial charge is 0.474 e. The molecule has 21 heavy (non-hydrogen) atoms. The lowest BCUT2D eigenvalue weighted by molar-refractivity contribution is 0.144. The van der Waals surface area contributed by atoms with Gasteiger partial charge in [-0.2, -0.15) is 4.98 Å². The van der Waals surface area contributed by atoms with E-state index in [0.717, 1.165) is 32.6 Å². The molecule has 7 heteroatoms. The molecule has 0 aromatic carbocycles. The summed E-state index contributed by atoms with van der Waals surface area (Å²) < 4.78 is 10.4. The second-order valence-electron chi connectivity index (χ2n) is 4.59. The van der Waals surface area contributed by atoms with Crippen LogP contribution in [-0.2, 0) is 4.74 Å². The van der Waals surface area contributed by atoms with Gasteiger partial charge in [0, 0.05) is 13.7 Å². The van der Waals surface area contributed by atoms with Crippen molar-refractivity contribution in [3.05, 3.63) is 6.33 Å². The van der Waals surface area contributed by atoms with Crippen molar-refractivity contribution >= 4 is 11.5 Å². The summed E-state index contributed by atoms with van der Waals surface area (Å²) in [5, 5.41) is 3.23. The van der Waals surface area contributed by atoms with Crippen LogP contribution in [0.4, 0.5) is 11.5 Å². The van der Waals surface area contributed by atoms with Crippen molar-refractivity contribution in [2.45, 2.75) is 20.3 Å². The summed E-state index contributed by atoms with van der Waals surface area (Å²) >= 11 is 0. The smallest absolute Gasteiger partial charge is 0.242 e. The van der Waals surface area contributed by atoms with Gasteiger partial charge in [0.25, 0.3) is 0 Å². The number of hydrogen-bond acceptors (Lipinski definition) is 7. The molecule has 1 heterocycles. The molecule has 0 atom stereocenters. The number of aromatic nitrogens is 2. The molecule has 7 nitrogen and oxygen atoms in total. The Bertz CT molecular complexity index is 399. The number of nitrogens with zero attached hydrogens (tertiary/aromatic N) is 3. The van der Waals surface area contributed by atoms with Crippen LogP contribution in [0.1, 0.15) is 20.3 Å². The van der Waals surface area contributed by atoms with Crippen LogP contribution in [0.3, 0.4) is 0 Å². The van der Waals surface area contributed by atoms with Crippen LogP contribution in [0.15, 0.2) is 6.33 Å². The Morgan fingerprint density at radius 3 is 2.67 bits per heavy atom. The number of methoxy groups -OCH3 is 1. The molecule has 1 rings (SSSR count). The van der Waals surface area contributed by atoms with E-state index in [9.17, 15) is 0 Å². The Labute approximate surface area is 126 Å². The maximum atomic E-state index is 6.00. The highest BCUT2D eigenvalue weighted by Crippen LogP contribution is 2.24. The average Bonchev–Trinajstić information content (AvgIpc) is 2.50. The summed E-state index contributed by atoms with van der Waals surface area (Å²) in [6.45, 7) is 9.27. The Hall–Kier alpha value is -1.60. The SMILES string of the molecule is CCN(CC)CCCNc1ncnc(OCCOC)c1N. The predicted molar refractivity (Wildman–Crippen MR) is 84.7 cm³/mol. The Balaban J connectivity index is 2.42. The van der Waals surface area contributed by atoms with Crippen LogP contribution in [0, 0.1) is 0 Å². The molecule has 0 aliphatic carbocycles. The van der Waals surface area contributed by atoms with Crippen molar-refractivity contribution in [1.82, 2.24) is 14.9 Å². The van der Waals surface area contributed by atoms with Gasteiger partial charge in [0.05, 0.1) is 6.61 Å². The van der Waals surface area contributed by atoms with Gasteiger partial charge in [-0.1, -0.05) is 13.8 Å². The molecule has 1 aromatic heterocycles. The van der Waals surface area contributed by atoms with Gasteiger partial charge in [0.1, 0.15) is 18.6 Å². The van der Waals surface area contributed by atoms with Gasteiger partial charge in [-0.3, -0.25) is 0 Å². The number of nitrogen functional groups attached to an aromatic ring is 1. The maximum Gasteiger partial charge on any atom is 0.242 e. The molecule has 0 saturated heterocycles.